The van der Waals surface area contributed by atoms with E-state index in [2.05, 4.69) is 31.9 Å². The molecule has 1 rings (SSSR count). The summed E-state index contributed by atoms with van der Waals surface area (Å²) in [6.07, 6.45) is 4.20. The monoisotopic (exact) mass is 465 g/mol. The van der Waals surface area contributed by atoms with Crippen molar-refractivity contribution in [1.82, 2.24) is 0 Å². The van der Waals surface area contributed by atoms with Gasteiger partial charge in [-0.1, -0.05) is 44.7 Å². The predicted octanol–water partition coefficient (Wildman–Crippen LogP) is 1.66. The van der Waals surface area contributed by atoms with Gasteiger partial charge in [0.15, 0.2) is 0 Å². The largest absolute Gasteiger partial charge is 0.314 e. The molecule has 0 bridgehead atoms. The van der Waals surface area contributed by atoms with Crippen molar-refractivity contribution in [2.24, 2.45) is 11.5 Å². The maximum atomic E-state index is 5.90. The Morgan fingerprint density at radius 3 is 1.36 bits per heavy atom. The van der Waals surface area contributed by atoms with Crippen molar-refractivity contribution in [3.05, 3.63) is 0 Å². The van der Waals surface area contributed by atoms with Gasteiger partial charge in [-0.2, -0.15) is 0 Å². The number of alkyl halides is 2. The molecule has 0 spiro atoms. The summed E-state index contributed by atoms with van der Waals surface area (Å²) in [7, 11) is 0. The number of halogens is 2. The molecule has 2 unspecified atom stereocenters. The van der Waals surface area contributed by atoms with E-state index in [4.69, 9.17) is 11.5 Å². The number of rotatable bonds is 0. The zero-order chi connectivity index (χ0) is 7.83. The molecule has 0 aromatic carbocycles. The third-order valence-corrected chi connectivity index (χ3v) is 4.76. The zero-order valence-corrected chi connectivity index (χ0v) is 11.5. The fourth-order valence-corrected chi connectivity index (χ4v) is 2.14. The summed E-state index contributed by atoms with van der Waals surface area (Å²) in [5, 5.41) is 0. The molecule has 0 aromatic heterocycles. The van der Waals surface area contributed by atoms with Crippen LogP contribution in [0.5, 0.6) is 0 Å². The van der Waals surface area contributed by atoms with E-state index >= 15 is 0 Å². The van der Waals surface area contributed by atoms with E-state index in [9.17, 15) is 0 Å². The minimum absolute atomic E-state index is 0. The van der Waals surface area contributed by atoms with Gasteiger partial charge in [0.2, 0.25) is 0 Å². The SMILES string of the molecule is NC1(Br)CCCCC1(N)Br.[Pt]. The smallest absolute Gasteiger partial charge is 0.0999 e. The molecule has 1 aliphatic carbocycles. The molecule has 1 fully saturated rings. The zero-order valence-electron chi connectivity index (χ0n) is 6.06. The molecule has 0 heterocycles. The summed E-state index contributed by atoms with van der Waals surface area (Å²) < 4.78 is -0.837. The molecular weight excluding hydrogens is 455 g/mol. The summed E-state index contributed by atoms with van der Waals surface area (Å²) in [4.78, 5) is 0. The molecular formula is C6H12Br2N2Pt. The molecule has 0 aliphatic heterocycles. The molecule has 0 aromatic rings. The third kappa shape index (κ3) is 2.77. The van der Waals surface area contributed by atoms with Crippen LogP contribution >= 0.6 is 31.9 Å². The normalized spacial score (nSPS) is 44.7. The molecule has 0 amide bonds. The molecule has 1 aliphatic rings. The molecule has 0 saturated heterocycles. The molecule has 4 N–H and O–H groups in total. The molecule has 1 saturated carbocycles. The van der Waals surface area contributed by atoms with Gasteiger partial charge in [0.05, 0.1) is 8.90 Å². The van der Waals surface area contributed by atoms with Gasteiger partial charge in [0, 0.05) is 21.1 Å². The van der Waals surface area contributed by atoms with Crippen molar-refractivity contribution >= 4 is 31.9 Å². The predicted molar refractivity (Wildman–Crippen MR) is 50.2 cm³/mol. The number of hydrogen-bond acceptors (Lipinski definition) is 2. The maximum Gasteiger partial charge on any atom is 0.0999 e. The molecule has 2 nitrogen and oxygen atoms in total. The quantitative estimate of drug-likeness (QED) is 0.421. The Morgan fingerprint density at radius 1 is 0.909 bits per heavy atom. The van der Waals surface area contributed by atoms with Crippen LogP contribution in [0.4, 0.5) is 0 Å². The van der Waals surface area contributed by atoms with Crippen LogP contribution < -0.4 is 11.5 Å². The van der Waals surface area contributed by atoms with Gasteiger partial charge >= 0.3 is 0 Å². The summed E-state index contributed by atoms with van der Waals surface area (Å²) >= 11 is 6.84. The standard InChI is InChI=1S/C6H12Br2N2.Pt/c7-5(9)3-1-2-4-6(5,8)10;/h1-4,9-10H2;. The molecule has 5 heteroatoms. The second-order valence-corrected chi connectivity index (χ2v) is 5.76. The van der Waals surface area contributed by atoms with Crippen molar-refractivity contribution in [3.8, 4) is 0 Å². The Labute approximate surface area is 98.4 Å². The second kappa shape index (κ2) is 4.19. The first-order chi connectivity index (χ1) is 4.46. The Balaban J connectivity index is 0.000001000. The van der Waals surface area contributed by atoms with Crippen LogP contribution in [0.3, 0.4) is 0 Å². The van der Waals surface area contributed by atoms with Crippen molar-refractivity contribution in [3.63, 3.8) is 0 Å². The van der Waals surface area contributed by atoms with E-state index < -0.39 is 8.90 Å². The fourth-order valence-electron chi connectivity index (χ4n) is 1.18. The second-order valence-electron chi connectivity index (χ2n) is 2.93. The molecule has 0 radical (unpaired) electrons. The van der Waals surface area contributed by atoms with Crippen molar-refractivity contribution in [1.29, 1.82) is 0 Å². The average molecular weight is 467 g/mol. The topological polar surface area (TPSA) is 52.0 Å². The summed E-state index contributed by atoms with van der Waals surface area (Å²) in [5.74, 6) is 0. The van der Waals surface area contributed by atoms with E-state index in [-0.39, 0.29) is 21.1 Å². The number of nitrogens with two attached hydrogens (primary N) is 2. The Hall–Kier alpha value is 1.57. The minimum Gasteiger partial charge on any atom is -0.314 e. The van der Waals surface area contributed by atoms with E-state index in [1.54, 1.807) is 0 Å². The van der Waals surface area contributed by atoms with Crippen molar-refractivity contribution in [2.75, 3.05) is 0 Å². The van der Waals surface area contributed by atoms with Crippen LogP contribution in [-0.2, 0) is 21.1 Å². The Bertz CT molecular complexity index is 123. The molecule has 11 heavy (non-hydrogen) atoms. The van der Waals surface area contributed by atoms with Crippen LogP contribution in [0.1, 0.15) is 25.7 Å². The first-order valence-corrected chi connectivity index (χ1v) is 5.00. The van der Waals surface area contributed by atoms with E-state index in [0.717, 1.165) is 25.7 Å². The molecule has 2 atom stereocenters. The van der Waals surface area contributed by atoms with Crippen LogP contribution in [0.25, 0.3) is 0 Å². The van der Waals surface area contributed by atoms with Gasteiger partial charge in [-0.15, -0.1) is 0 Å². The van der Waals surface area contributed by atoms with E-state index in [1.807, 2.05) is 0 Å². The average Bonchev–Trinajstić information content (AvgIpc) is 1.77. The van der Waals surface area contributed by atoms with Gasteiger partial charge in [0.1, 0.15) is 0 Å². The third-order valence-electron chi connectivity index (χ3n) is 2.02. The molecule has 70 valence electrons. The van der Waals surface area contributed by atoms with Crippen molar-refractivity contribution < 1.29 is 21.1 Å². The van der Waals surface area contributed by atoms with Gasteiger partial charge < -0.3 is 11.5 Å². The van der Waals surface area contributed by atoms with Crippen LogP contribution in [0.2, 0.25) is 0 Å². The summed E-state index contributed by atoms with van der Waals surface area (Å²) in [5.41, 5.74) is 11.8. The van der Waals surface area contributed by atoms with E-state index in [0.29, 0.717) is 0 Å². The van der Waals surface area contributed by atoms with Gasteiger partial charge in [-0.3, -0.25) is 0 Å². The minimum atomic E-state index is -0.418. The van der Waals surface area contributed by atoms with E-state index in [1.165, 1.54) is 0 Å². The van der Waals surface area contributed by atoms with Gasteiger partial charge in [-0.25, -0.2) is 0 Å². The van der Waals surface area contributed by atoms with Crippen LogP contribution in [-0.4, -0.2) is 8.90 Å². The fraction of sp³-hybridized carbons (Fsp3) is 1.00. The van der Waals surface area contributed by atoms with Gasteiger partial charge in [0.25, 0.3) is 0 Å². The summed E-state index contributed by atoms with van der Waals surface area (Å²) in [6, 6.07) is 0. The van der Waals surface area contributed by atoms with Gasteiger partial charge in [-0.05, 0) is 12.8 Å². The summed E-state index contributed by atoms with van der Waals surface area (Å²) in [6.45, 7) is 0. The van der Waals surface area contributed by atoms with Crippen LogP contribution in [0.15, 0.2) is 0 Å². The maximum absolute atomic E-state index is 5.90. The van der Waals surface area contributed by atoms with Crippen molar-refractivity contribution in [2.45, 2.75) is 34.6 Å². The Kier molecular flexibility index (Phi) is 4.78. The Morgan fingerprint density at radius 2 is 1.18 bits per heavy atom. The van der Waals surface area contributed by atoms with Crippen LogP contribution in [0, 0.1) is 0 Å². The first-order valence-electron chi connectivity index (χ1n) is 3.41. The number of hydrogen-bond donors (Lipinski definition) is 2. The first kappa shape index (κ1) is 12.6.